The summed E-state index contributed by atoms with van der Waals surface area (Å²) in [6.07, 6.45) is 0.847. The van der Waals surface area contributed by atoms with Crippen molar-refractivity contribution in [1.29, 1.82) is 0 Å². The number of hydrogen-bond donors (Lipinski definition) is 2. The van der Waals surface area contributed by atoms with E-state index in [1.807, 2.05) is 31.2 Å². The number of benzene rings is 2. The molecule has 0 amide bonds. The predicted octanol–water partition coefficient (Wildman–Crippen LogP) is 5.65. The van der Waals surface area contributed by atoms with Crippen molar-refractivity contribution in [2.75, 3.05) is 26.9 Å². The van der Waals surface area contributed by atoms with Crippen LogP contribution in [0.2, 0.25) is 10.0 Å². The van der Waals surface area contributed by atoms with Gasteiger partial charge in [-0.1, -0.05) is 35.3 Å². The van der Waals surface area contributed by atoms with Crippen LogP contribution in [0.5, 0.6) is 11.5 Å². The predicted molar refractivity (Wildman–Crippen MR) is 141 cm³/mol. The molecule has 1 heterocycles. The van der Waals surface area contributed by atoms with E-state index in [9.17, 15) is 14.7 Å². The fourth-order valence-electron chi connectivity index (χ4n) is 4.95. The molecule has 2 aromatic rings. The third-order valence-electron chi connectivity index (χ3n) is 6.66. The zero-order valence-corrected chi connectivity index (χ0v) is 22.4. The fraction of sp³-hybridized carbons (Fsp3) is 0.357. The van der Waals surface area contributed by atoms with Crippen molar-refractivity contribution in [3.63, 3.8) is 0 Å². The molecule has 7 nitrogen and oxygen atoms in total. The third kappa shape index (κ3) is 5.64. The van der Waals surface area contributed by atoms with Gasteiger partial charge < -0.3 is 24.6 Å². The average Bonchev–Trinajstić information content (AvgIpc) is 2.87. The SMILES string of the molecule is CCOCCOC(=O)C1=C(C)NC2=C(C(=O)C[C@H](c3ccc(Cl)cc3)C2)[C@H]1c1cc(Cl)c(O)c(OC)c1. The van der Waals surface area contributed by atoms with Crippen LogP contribution < -0.4 is 10.1 Å². The molecule has 2 aliphatic rings. The van der Waals surface area contributed by atoms with Crippen LogP contribution in [-0.2, 0) is 19.1 Å². The van der Waals surface area contributed by atoms with Gasteiger partial charge in [-0.3, -0.25) is 4.79 Å². The molecule has 0 saturated carbocycles. The van der Waals surface area contributed by atoms with Gasteiger partial charge in [-0.2, -0.15) is 0 Å². The lowest BCUT2D eigenvalue weighted by atomic mass is 9.71. The van der Waals surface area contributed by atoms with Crippen molar-refractivity contribution in [3.8, 4) is 11.5 Å². The Morgan fingerprint density at radius 3 is 2.51 bits per heavy atom. The standard InChI is InChI=1S/C28H29Cl2NO6/c1-4-36-9-10-37-28(34)24-15(2)31-21-12-17(16-5-7-19(29)8-6-16)13-22(32)26(21)25(24)18-11-20(30)27(33)23(14-18)35-3/h5-8,11,14,17,25,31,33H,4,9-10,12-13H2,1-3H3/t17-,25+/m1/s1. The highest BCUT2D eigenvalue weighted by Crippen LogP contribution is 2.48. The number of phenols is 1. The van der Waals surface area contributed by atoms with Gasteiger partial charge in [0.05, 0.1) is 24.3 Å². The van der Waals surface area contributed by atoms with Crippen LogP contribution in [0, 0.1) is 0 Å². The number of esters is 1. The number of ketones is 1. The van der Waals surface area contributed by atoms with Crippen LogP contribution in [0.3, 0.4) is 0 Å². The van der Waals surface area contributed by atoms with Gasteiger partial charge in [-0.05, 0) is 61.6 Å². The van der Waals surface area contributed by atoms with Gasteiger partial charge in [0, 0.05) is 40.9 Å². The summed E-state index contributed by atoms with van der Waals surface area (Å²) >= 11 is 12.4. The summed E-state index contributed by atoms with van der Waals surface area (Å²) in [7, 11) is 1.41. The van der Waals surface area contributed by atoms with Crippen molar-refractivity contribution in [3.05, 3.63) is 80.1 Å². The maximum absolute atomic E-state index is 13.7. The highest BCUT2D eigenvalue weighted by molar-refractivity contribution is 6.32. The smallest absolute Gasteiger partial charge is 0.336 e. The van der Waals surface area contributed by atoms with Gasteiger partial charge in [-0.15, -0.1) is 0 Å². The van der Waals surface area contributed by atoms with Crippen LogP contribution in [0.15, 0.2) is 58.9 Å². The molecule has 37 heavy (non-hydrogen) atoms. The first-order valence-corrected chi connectivity index (χ1v) is 12.8. The molecule has 0 unspecified atom stereocenters. The van der Waals surface area contributed by atoms with E-state index in [4.69, 9.17) is 37.4 Å². The van der Waals surface area contributed by atoms with Gasteiger partial charge in [0.15, 0.2) is 17.3 Å². The van der Waals surface area contributed by atoms with Gasteiger partial charge in [0.25, 0.3) is 0 Å². The largest absolute Gasteiger partial charge is 0.503 e. The zero-order chi connectivity index (χ0) is 26.7. The Hall–Kier alpha value is -3.00. The second-order valence-corrected chi connectivity index (χ2v) is 9.80. The van der Waals surface area contributed by atoms with Crippen LogP contribution in [-0.4, -0.2) is 43.8 Å². The molecule has 0 fully saturated rings. The lowest BCUT2D eigenvalue weighted by Crippen LogP contribution is -2.36. The van der Waals surface area contributed by atoms with E-state index < -0.39 is 11.9 Å². The Balaban J connectivity index is 1.78. The number of ether oxygens (including phenoxy) is 3. The maximum atomic E-state index is 13.7. The highest BCUT2D eigenvalue weighted by Gasteiger charge is 2.42. The van der Waals surface area contributed by atoms with Crippen molar-refractivity contribution >= 4 is 35.0 Å². The number of carbonyl (C=O) groups is 2. The molecule has 2 aromatic carbocycles. The molecular weight excluding hydrogens is 517 g/mol. The minimum atomic E-state index is -0.749. The average molecular weight is 546 g/mol. The van der Waals surface area contributed by atoms with E-state index in [0.29, 0.717) is 40.5 Å². The number of carbonyl (C=O) groups excluding carboxylic acids is 2. The number of Topliss-reactive ketones (excluding diaryl/α,β-unsaturated/α-hetero) is 1. The van der Waals surface area contributed by atoms with Crippen molar-refractivity contribution in [1.82, 2.24) is 5.32 Å². The molecule has 2 N–H and O–H groups in total. The second kappa shape index (κ2) is 11.6. The van der Waals surface area contributed by atoms with Crippen molar-refractivity contribution in [2.45, 2.75) is 38.5 Å². The number of halogens is 2. The molecule has 9 heteroatoms. The Morgan fingerprint density at radius 1 is 1.11 bits per heavy atom. The lowest BCUT2D eigenvalue weighted by molar-refractivity contribution is -0.140. The molecule has 0 spiro atoms. The van der Waals surface area contributed by atoms with Gasteiger partial charge in [-0.25, -0.2) is 4.79 Å². The zero-order valence-electron chi connectivity index (χ0n) is 20.9. The number of phenolic OH excluding ortho intramolecular Hbond substituents is 1. The number of aromatic hydroxyl groups is 1. The van der Waals surface area contributed by atoms with E-state index in [0.717, 1.165) is 11.3 Å². The first-order chi connectivity index (χ1) is 17.7. The summed E-state index contributed by atoms with van der Waals surface area (Å²) in [5.74, 6) is -1.50. The molecule has 0 saturated heterocycles. The molecule has 4 rings (SSSR count). The fourth-order valence-corrected chi connectivity index (χ4v) is 5.29. The van der Waals surface area contributed by atoms with Gasteiger partial charge in [0.2, 0.25) is 0 Å². The van der Waals surface area contributed by atoms with E-state index >= 15 is 0 Å². The van der Waals surface area contributed by atoms with Crippen molar-refractivity contribution in [2.24, 2.45) is 0 Å². The second-order valence-electron chi connectivity index (χ2n) is 8.96. The number of methoxy groups -OCH3 is 1. The summed E-state index contributed by atoms with van der Waals surface area (Å²) < 4.78 is 16.1. The molecule has 2 atom stereocenters. The van der Waals surface area contributed by atoms with Gasteiger partial charge >= 0.3 is 5.97 Å². The van der Waals surface area contributed by atoms with Gasteiger partial charge in [0.1, 0.15) is 6.61 Å². The molecule has 0 aromatic heterocycles. The Kier molecular flexibility index (Phi) is 8.47. The first kappa shape index (κ1) is 27.0. The van der Waals surface area contributed by atoms with Crippen LogP contribution in [0.1, 0.15) is 49.7 Å². The summed E-state index contributed by atoms with van der Waals surface area (Å²) in [5, 5.41) is 14.3. The minimum Gasteiger partial charge on any atom is -0.503 e. The molecule has 0 radical (unpaired) electrons. The number of hydrogen-bond acceptors (Lipinski definition) is 7. The molecular formula is C28H29Cl2NO6. The third-order valence-corrected chi connectivity index (χ3v) is 7.20. The summed E-state index contributed by atoms with van der Waals surface area (Å²) in [4.78, 5) is 27.0. The van der Waals surface area contributed by atoms with Crippen LogP contribution in [0.4, 0.5) is 0 Å². The number of rotatable bonds is 8. The summed E-state index contributed by atoms with van der Waals surface area (Å²) in [6, 6.07) is 10.6. The summed E-state index contributed by atoms with van der Waals surface area (Å²) in [5.41, 5.74) is 3.67. The monoisotopic (exact) mass is 545 g/mol. The topological polar surface area (TPSA) is 94.1 Å². The quantitative estimate of drug-likeness (QED) is 0.327. The minimum absolute atomic E-state index is 0.0397. The lowest BCUT2D eigenvalue weighted by Gasteiger charge is -2.37. The van der Waals surface area contributed by atoms with Crippen LogP contribution >= 0.6 is 23.2 Å². The number of nitrogens with one attached hydrogen (secondary N) is 1. The number of dihydropyridines is 1. The van der Waals surface area contributed by atoms with E-state index in [1.165, 1.54) is 7.11 Å². The normalized spacial score (nSPS) is 19.4. The Morgan fingerprint density at radius 2 is 1.84 bits per heavy atom. The van der Waals surface area contributed by atoms with Crippen molar-refractivity contribution < 1.29 is 28.9 Å². The first-order valence-electron chi connectivity index (χ1n) is 12.1. The highest BCUT2D eigenvalue weighted by atomic mass is 35.5. The van der Waals surface area contributed by atoms with E-state index in [-0.39, 0.29) is 47.9 Å². The van der Waals surface area contributed by atoms with E-state index in [2.05, 4.69) is 5.32 Å². The molecule has 1 aliphatic heterocycles. The summed E-state index contributed by atoms with van der Waals surface area (Å²) in [6.45, 7) is 4.49. The number of allylic oxidation sites excluding steroid dienone is 3. The molecule has 0 bridgehead atoms. The molecule has 196 valence electrons. The van der Waals surface area contributed by atoms with E-state index in [1.54, 1.807) is 19.1 Å². The Bertz CT molecular complexity index is 1270. The van der Waals surface area contributed by atoms with Crippen LogP contribution in [0.25, 0.3) is 0 Å². The maximum Gasteiger partial charge on any atom is 0.336 e. The molecule has 1 aliphatic carbocycles. The Labute approximate surface area is 226 Å².